The van der Waals surface area contributed by atoms with Crippen LogP contribution in [-0.4, -0.2) is 20.7 Å². The van der Waals surface area contributed by atoms with Crippen LogP contribution in [-0.2, 0) is 16.6 Å². The fraction of sp³-hybridized carbons (Fsp3) is 0.100. The fourth-order valence-corrected chi connectivity index (χ4v) is 3.39. The summed E-state index contributed by atoms with van der Waals surface area (Å²) in [5, 5.41) is 3.19. The van der Waals surface area contributed by atoms with Crippen LogP contribution in [0.5, 0.6) is 0 Å². The molecule has 0 spiro atoms. The number of hydrogen-bond donors (Lipinski definition) is 1. The molecule has 0 aliphatic heterocycles. The Morgan fingerprint density at radius 3 is 2.36 bits per heavy atom. The fourth-order valence-electron chi connectivity index (χ4n) is 2.34. The SMILES string of the molecule is C=CCNc1cc(C[S@@](=O)c2ccccc2)nc(-c2ccccc2)n1. The smallest absolute Gasteiger partial charge is 0.161 e. The summed E-state index contributed by atoms with van der Waals surface area (Å²) in [5.41, 5.74) is 1.67. The average molecular weight is 349 g/mol. The van der Waals surface area contributed by atoms with Crippen LogP contribution >= 0.6 is 0 Å². The molecule has 0 aliphatic carbocycles. The lowest BCUT2D eigenvalue weighted by molar-refractivity contribution is 0.682. The molecule has 1 atom stereocenters. The van der Waals surface area contributed by atoms with E-state index in [-0.39, 0.29) is 0 Å². The molecule has 0 bridgehead atoms. The number of rotatable bonds is 7. The molecule has 25 heavy (non-hydrogen) atoms. The van der Waals surface area contributed by atoms with Gasteiger partial charge in [-0.3, -0.25) is 4.21 Å². The molecule has 0 saturated heterocycles. The molecule has 1 N–H and O–H groups in total. The van der Waals surface area contributed by atoms with Crippen molar-refractivity contribution in [1.82, 2.24) is 9.97 Å². The molecule has 0 saturated carbocycles. The Balaban J connectivity index is 1.92. The summed E-state index contributed by atoms with van der Waals surface area (Å²) in [5.74, 6) is 1.67. The van der Waals surface area contributed by atoms with Crippen LogP contribution < -0.4 is 5.32 Å². The van der Waals surface area contributed by atoms with Crippen LogP contribution in [0.2, 0.25) is 0 Å². The monoisotopic (exact) mass is 349 g/mol. The van der Waals surface area contributed by atoms with Crippen molar-refractivity contribution >= 4 is 16.6 Å². The summed E-state index contributed by atoms with van der Waals surface area (Å²) in [7, 11) is -1.15. The molecule has 5 heteroatoms. The predicted molar refractivity (Wildman–Crippen MR) is 103 cm³/mol. The van der Waals surface area contributed by atoms with Crippen LogP contribution in [0, 0.1) is 0 Å². The molecule has 1 heterocycles. The second-order valence-electron chi connectivity index (χ2n) is 5.41. The van der Waals surface area contributed by atoms with Gasteiger partial charge in [-0.2, -0.15) is 0 Å². The van der Waals surface area contributed by atoms with Gasteiger partial charge < -0.3 is 5.32 Å². The lowest BCUT2D eigenvalue weighted by atomic mass is 10.2. The molecule has 0 radical (unpaired) electrons. The second-order valence-corrected chi connectivity index (χ2v) is 6.86. The summed E-state index contributed by atoms with van der Waals surface area (Å²) in [6.07, 6.45) is 1.77. The zero-order valence-electron chi connectivity index (χ0n) is 13.8. The Morgan fingerprint density at radius 2 is 1.68 bits per heavy atom. The van der Waals surface area contributed by atoms with Crippen molar-refractivity contribution < 1.29 is 4.21 Å². The molecule has 126 valence electrons. The van der Waals surface area contributed by atoms with Gasteiger partial charge in [0.05, 0.1) is 22.2 Å². The maximum atomic E-state index is 12.6. The first-order chi connectivity index (χ1) is 12.3. The number of anilines is 1. The predicted octanol–water partition coefficient (Wildman–Crippen LogP) is 4.05. The minimum Gasteiger partial charge on any atom is -0.366 e. The molecule has 0 unspecified atom stereocenters. The molecule has 0 amide bonds. The molecule has 3 rings (SSSR count). The lowest BCUT2D eigenvalue weighted by Gasteiger charge is -2.09. The van der Waals surface area contributed by atoms with E-state index in [1.54, 1.807) is 6.08 Å². The van der Waals surface area contributed by atoms with Gasteiger partial charge in [0.15, 0.2) is 5.82 Å². The van der Waals surface area contributed by atoms with Gasteiger partial charge in [0, 0.05) is 23.1 Å². The molecule has 0 aliphatic rings. The molecule has 2 aromatic carbocycles. The van der Waals surface area contributed by atoms with Gasteiger partial charge >= 0.3 is 0 Å². The van der Waals surface area contributed by atoms with Crippen LogP contribution in [0.15, 0.2) is 84.3 Å². The van der Waals surface area contributed by atoms with Crippen LogP contribution in [0.3, 0.4) is 0 Å². The Hall–Kier alpha value is -2.79. The van der Waals surface area contributed by atoms with Crippen molar-refractivity contribution in [2.45, 2.75) is 10.6 Å². The molecule has 4 nitrogen and oxygen atoms in total. The van der Waals surface area contributed by atoms with Crippen molar-refractivity contribution in [2.75, 3.05) is 11.9 Å². The van der Waals surface area contributed by atoms with Gasteiger partial charge in [0.2, 0.25) is 0 Å². The van der Waals surface area contributed by atoms with Crippen LogP contribution in [0.1, 0.15) is 5.69 Å². The lowest BCUT2D eigenvalue weighted by Crippen LogP contribution is -2.06. The number of aromatic nitrogens is 2. The van der Waals surface area contributed by atoms with Crippen molar-refractivity contribution in [3.63, 3.8) is 0 Å². The summed E-state index contributed by atoms with van der Waals surface area (Å²) < 4.78 is 12.6. The number of nitrogens with one attached hydrogen (secondary N) is 1. The summed E-state index contributed by atoms with van der Waals surface area (Å²) in [4.78, 5) is 9.95. The number of nitrogens with zero attached hydrogens (tertiary/aromatic N) is 2. The average Bonchev–Trinajstić information content (AvgIpc) is 2.67. The first-order valence-electron chi connectivity index (χ1n) is 7.98. The van der Waals surface area contributed by atoms with Crippen LogP contribution in [0.4, 0.5) is 5.82 Å². The molecular formula is C20H19N3OS. The van der Waals surface area contributed by atoms with E-state index in [9.17, 15) is 4.21 Å². The largest absolute Gasteiger partial charge is 0.366 e. The van der Waals surface area contributed by atoms with Gasteiger partial charge in [-0.25, -0.2) is 9.97 Å². The van der Waals surface area contributed by atoms with Crippen molar-refractivity contribution in [1.29, 1.82) is 0 Å². The highest BCUT2D eigenvalue weighted by Crippen LogP contribution is 2.20. The molecule has 0 fully saturated rings. The van der Waals surface area contributed by atoms with E-state index in [1.165, 1.54) is 0 Å². The zero-order valence-corrected chi connectivity index (χ0v) is 14.6. The second kappa shape index (κ2) is 8.35. The van der Waals surface area contributed by atoms with Gasteiger partial charge in [-0.15, -0.1) is 6.58 Å². The van der Waals surface area contributed by atoms with Crippen molar-refractivity contribution in [3.8, 4) is 11.4 Å². The highest BCUT2D eigenvalue weighted by atomic mass is 32.2. The van der Waals surface area contributed by atoms with Crippen molar-refractivity contribution in [3.05, 3.63) is 85.1 Å². The molecular weight excluding hydrogens is 330 g/mol. The summed E-state index contributed by atoms with van der Waals surface area (Å²) in [6.45, 7) is 4.32. The molecule has 1 aromatic heterocycles. The first-order valence-corrected chi connectivity index (χ1v) is 9.30. The third kappa shape index (κ3) is 4.61. The highest BCUT2D eigenvalue weighted by molar-refractivity contribution is 7.84. The highest BCUT2D eigenvalue weighted by Gasteiger charge is 2.10. The quantitative estimate of drug-likeness (QED) is 0.654. The van der Waals surface area contributed by atoms with E-state index in [2.05, 4.69) is 21.9 Å². The number of hydrogen-bond acceptors (Lipinski definition) is 4. The third-order valence-electron chi connectivity index (χ3n) is 3.52. The zero-order chi connectivity index (χ0) is 17.5. The summed E-state index contributed by atoms with van der Waals surface area (Å²) in [6, 6.07) is 21.0. The maximum absolute atomic E-state index is 12.6. The number of benzene rings is 2. The van der Waals surface area contributed by atoms with Gasteiger partial charge in [0.25, 0.3) is 0 Å². The maximum Gasteiger partial charge on any atom is 0.161 e. The summed E-state index contributed by atoms with van der Waals surface area (Å²) >= 11 is 0. The van der Waals surface area contributed by atoms with Gasteiger partial charge in [0.1, 0.15) is 5.82 Å². The van der Waals surface area contributed by atoms with E-state index in [1.807, 2.05) is 66.7 Å². The Morgan fingerprint density at radius 1 is 1.00 bits per heavy atom. The van der Waals surface area contributed by atoms with E-state index in [0.717, 1.165) is 16.2 Å². The Labute approximate surface area is 150 Å². The van der Waals surface area contributed by atoms with Crippen molar-refractivity contribution in [2.24, 2.45) is 0 Å². The minimum absolute atomic E-state index is 0.342. The minimum atomic E-state index is -1.15. The normalized spacial score (nSPS) is 11.7. The van der Waals surface area contributed by atoms with Gasteiger partial charge in [-0.05, 0) is 12.1 Å². The topological polar surface area (TPSA) is 54.9 Å². The first kappa shape index (κ1) is 17.0. The standard InChI is InChI=1S/C20H19N3OS/c1-2-13-21-19-14-17(15-25(24)18-11-7-4-8-12-18)22-20(23-19)16-9-5-3-6-10-16/h2-12,14H,1,13,15H2,(H,21,22,23)/t25-/m1/s1. The van der Waals surface area contributed by atoms with E-state index in [4.69, 9.17) is 0 Å². The Bertz CT molecular complexity index is 867. The van der Waals surface area contributed by atoms with E-state index in [0.29, 0.717) is 23.9 Å². The third-order valence-corrected chi connectivity index (χ3v) is 4.88. The van der Waals surface area contributed by atoms with E-state index < -0.39 is 10.8 Å². The Kier molecular flexibility index (Phi) is 5.69. The van der Waals surface area contributed by atoms with E-state index >= 15 is 0 Å². The van der Waals surface area contributed by atoms with Crippen LogP contribution in [0.25, 0.3) is 11.4 Å². The van der Waals surface area contributed by atoms with Gasteiger partial charge in [-0.1, -0.05) is 54.6 Å². The molecule has 3 aromatic rings.